The highest BCUT2D eigenvalue weighted by Crippen LogP contribution is 2.27. The lowest BCUT2D eigenvalue weighted by atomic mass is 9.96. The molecule has 15 heavy (non-hydrogen) atoms. The third-order valence-corrected chi connectivity index (χ3v) is 2.61. The number of ketones is 1. The van der Waals surface area contributed by atoms with Gasteiger partial charge in [0.15, 0.2) is 5.78 Å². The summed E-state index contributed by atoms with van der Waals surface area (Å²) in [6.45, 7) is 0. The predicted octanol–water partition coefficient (Wildman–Crippen LogP) is 1.28. The Kier molecular flexibility index (Phi) is 3.88. The molecule has 1 fully saturated rings. The zero-order chi connectivity index (χ0) is 11.4. The molecule has 4 nitrogen and oxygen atoms in total. The molecular formula is C11H17NO3. The van der Waals surface area contributed by atoms with Crippen molar-refractivity contribution in [1.82, 2.24) is 4.90 Å². The van der Waals surface area contributed by atoms with E-state index in [9.17, 15) is 9.59 Å². The largest absolute Gasteiger partial charge is 0.478 e. The van der Waals surface area contributed by atoms with Crippen molar-refractivity contribution in [2.24, 2.45) is 5.92 Å². The van der Waals surface area contributed by atoms with Crippen molar-refractivity contribution in [3.05, 3.63) is 11.8 Å². The van der Waals surface area contributed by atoms with Crippen LogP contribution >= 0.6 is 0 Å². The van der Waals surface area contributed by atoms with Gasteiger partial charge in [-0.25, -0.2) is 4.79 Å². The van der Waals surface area contributed by atoms with Gasteiger partial charge in [-0.05, 0) is 12.8 Å². The number of carboxylic acid groups (broad SMARTS) is 1. The summed E-state index contributed by atoms with van der Waals surface area (Å²) in [6.07, 6.45) is 5.12. The minimum atomic E-state index is -1.12. The van der Waals surface area contributed by atoms with Gasteiger partial charge in [0.2, 0.25) is 0 Å². The number of carbonyl (C=O) groups excluding carboxylic acids is 1. The first-order valence-corrected chi connectivity index (χ1v) is 5.18. The summed E-state index contributed by atoms with van der Waals surface area (Å²) in [6, 6.07) is 0. The Hall–Kier alpha value is -1.32. The van der Waals surface area contributed by atoms with E-state index >= 15 is 0 Å². The van der Waals surface area contributed by atoms with Crippen molar-refractivity contribution < 1.29 is 14.7 Å². The van der Waals surface area contributed by atoms with Gasteiger partial charge in [-0.2, -0.15) is 0 Å². The quantitative estimate of drug-likeness (QED) is 0.432. The van der Waals surface area contributed by atoms with E-state index in [2.05, 4.69) is 0 Å². The number of Topliss-reactive ketones (excluding diaryl/α,β-unsaturated/α-hetero) is 1. The molecule has 1 rings (SSSR count). The van der Waals surface area contributed by atoms with E-state index in [-0.39, 0.29) is 17.3 Å². The fourth-order valence-corrected chi connectivity index (χ4v) is 1.89. The third-order valence-electron chi connectivity index (χ3n) is 2.61. The Morgan fingerprint density at radius 2 is 1.80 bits per heavy atom. The Morgan fingerprint density at radius 3 is 2.20 bits per heavy atom. The Bertz CT molecular complexity index is 288. The number of rotatable bonds is 4. The molecule has 0 aromatic heterocycles. The molecule has 1 aliphatic carbocycles. The SMILES string of the molecule is CN(C)/C=C(\C(=O)O)C(=O)C1CCCC1. The fourth-order valence-electron chi connectivity index (χ4n) is 1.89. The van der Waals surface area contributed by atoms with Crippen molar-refractivity contribution in [2.45, 2.75) is 25.7 Å². The summed E-state index contributed by atoms with van der Waals surface area (Å²) in [5.74, 6) is -1.42. The molecule has 1 saturated carbocycles. The normalized spacial score (nSPS) is 17.9. The minimum absolute atomic E-state index is 0.0766. The number of aliphatic carboxylic acids is 1. The lowest BCUT2D eigenvalue weighted by Crippen LogP contribution is -2.21. The minimum Gasteiger partial charge on any atom is -0.478 e. The molecule has 0 spiro atoms. The first-order valence-electron chi connectivity index (χ1n) is 5.18. The molecule has 4 heteroatoms. The topological polar surface area (TPSA) is 57.6 Å². The standard InChI is InChI=1S/C11H17NO3/c1-12(2)7-9(11(14)15)10(13)8-5-3-4-6-8/h7-8H,3-6H2,1-2H3,(H,14,15)/b9-7-. The lowest BCUT2D eigenvalue weighted by molar-refractivity contribution is -0.135. The summed E-state index contributed by atoms with van der Waals surface area (Å²) < 4.78 is 0. The van der Waals surface area contributed by atoms with Crippen LogP contribution in [0.25, 0.3) is 0 Å². The highest BCUT2D eigenvalue weighted by atomic mass is 16.4. The van der Waals surface area contributed by atoms with Gasteiger partial charge in [-0.1, -0.05) is 12.8 Å². The molecule has 0 unspecified atom stereocenters. The van der Waals surface area contributed by atoms with Crippen molar-refractivity contribution in [2.75, 3.05) is 14.1 Å². The first kappa shape index (κ1) is 11.8. The van der Waals surface area contributed by atoms with Crippen LogP contribution in [-0.4, -0.2) is 35.9 Å². The first-order chi connectivity index (χ1) is 7.02. The molecule has 0 aliphatic heterocycles. The average molecular weight is 211 g/mol. The monoisotopic (exact) mass is 211 g/mol. The zero-order valence-corrected chi connectivity index (χ0v) is 9.19. The van der Waals surface area contributed by atoms with E-state index < -0.39 is 5.97 Å². The highest BCUT2D eigenvalue weighted by Gasteiger charge is 2.28. The van der Waals surface area contributed by atoms with Crippen molar-refractivity contribution in [3.63, 3.8) is 0 Å². The Balaban J connectivity index is 2.80. The van der Waals surface area contributed by atoms with Crippen LogP contribution in [0.4, 0.5) is 0 Å². The molecule has 0 amide bonds. The second-order valence-electron chi connectivity index (χ2n) is 4.16. The van der Waals surface area contributed by atoms with E-state index in [0.717, 1.165) is 25.7 Å². The summed E-state index contributed by atoms with van der Waals surface area (Å²) in [4.78, 5) is 24.4. The number of carboxylic acids is 1. The van der Waals surface area contributed by atoms with Gasteiger partial charge in [-0.15, -0.1) is 0 Å². The zero-order valence-electron chi connectivity index (χ0n) is 9.19. The Morgan fingerprint density at radius 1 is 1.27 bits per heavy atom. The van der Waals surface area contributed by atoms with Gasteiger partial charge in [0, 0.05) is 26.2 Å². The van der Waals surface area contributed by atoms with Crippen LogP contribution in [0, 0.1) is 5.92 Å². The maximum Gasteiger partial charge on any atom is 0.340 e. The van der Waals surface area contributed by atoms with E-state index in [0.29, 0.717) is 0 Å². The van der Waals surface area contributed by atoms with Crippen LogP contribution in [0.15, 0.2) is 11.8 Å². The molecule has 0 radical (unpaired) electrons. The van der Waals surface area contributed by atoms with Gasteiger partial charge < -0.3 is 10.0 Å². The van der Waals surface area contributed by atoms with Gasteiger partial charge in [0.25, 0.3) is 0 Å². The molecule has 1 aliphatic rings. The molecule has 1 N–H and O–H groups in total. The van der Waals surface area contributed by atoms with Crippen LogP contribution in [0.5, 0.6) is 0 Å². The number of hydrogen-bond acceptors (Lipinski definition) is 3. The second-order valence-corrected chi connectivity index (χ2v) is 4.16. The Labute approximate surface area is 89.6 Å². The average Bonchev–Trinajstić information content (AvgIpc) is 2.65. The molecule has 0 bridgehead atoms. The lowest BCUT2D eigenvalue weighted by Gasteiger charge is -2.11. The summed E-state index contributed by atoms with van der Waals surface area (Å²) in [7, 11) is 3.43. The van der Waals surface area contributed by atoms with Crippen LogP contribution in [0.3, 0.4) is 0 Å². The van der Waals surface area contributed by atoms with Crippen LogP contribution < -0.4 is 0 Å². The maximum absolute atomic E-state index is 11.8. The molecular weight excluding hydrogens is 194 g/mol. The third kappa shape index (κ3) is 3.08. The van der Waals surface area contributed by atoms with Crippen LogP contribution in [-0.2, 0) is 9.59 Å². The van der Waals surface area contributed by atoms with Gasteiger partial charge >= 0.3 is 5.97 Å². The molecule has 84 valence electrons. The summed E-state index contributed by atoms with van der Waals surface area (Å²) in [5.41, 5.74) is -0.0908. The highest BCUT2D eigenvalue weighted by molar-refractivity contribution is 6.17. The van der Waals surface area contributed by atoms with Crippen LogP contribution in [0.2, 0.25) is 0 Å². The number of hydrogen-bond donors (Lipinski definition) is 1. The second kappa shape index (κ2) is 4.96. The van der Waals surface area contributed by atoms with E-state index in [1.54, 1.807) is 19.0 Å². The number of nitrogens with zero attached hydrogens (tertiary/aromatic N) is 1. The molecule has 0 saturated heterocycles. The molecule has 0 heterocycles. The fraction of sp³-hybridized carbons (Fsp3) is 0.636. The van der Waals surface area contributed by atoms with Crippen LogP contribution in [0.1, 0.15) is 25.7 Å². The van der Waals surface area contributed by atoms with E-state index in [4.69, 9.17) is 5.11 Å². The summed E-state index contributed by atoms with van der Waals surface area (Å²) in [5, 5.41) is 8.94. The smallest absolute Gasteiger partial charge is 0.340 e. The van der Waals surface area contributed by atoms with Gasteiger partial charge in [0.05, 0.1) is 0 Å². The van der Waals surface area contributed by atoms with Crippen molar-refractivity contribution in [1.29, 1.82) is 0 Å². The van der Waals surface area contributed by atoms with E-state index in [1.165, 1.54) is 6.20 Å². The van der Waals surface area contributed by atoms with Crippen molar-refractivity contribution >= 4 is 11.8 Å². The summed E-state index contributed by atoms with van der Waals surface area (Å²) >= 11 is 0. The molecule has 0 atom stereocenters. The number of carbonyl (C=O) groups is 2. The van der Waals surface area contributed by atoms with Gasteiger partial charge in [0.1, 0.15) is 5.57 Å². The van der Waals surface area contributed by atoms with Gasteiger partial charge in [-0.3, -0.25) is 4.79 Å². The predicted molar refractivity (Wildman–Crippen MR) is 56.4 cm³/mol. The van der Waals surface area contributed by atoms with E-state index in [1.807, 2.05) is 0 Å². The maximum atomic E-state index is 11.8. The van der Waals surface area contributed by atoms with Crippen molar-refractivity contribution in [3.8, 4) is 0 Å². The molecule has 0 aromatic carbocycles. The molecule has 0 aromatic rings.